The zero-order chi connectivity index (χ0) is 14.5. The van der Waals surface area contributed by atoms with Gasteiger partial charge in [-0.05, 0) is 40.8 Å². The fraction of sp³-hybridized carbons (Fsp3) is 0.100. The largest absolute Gasteiger partial charge is 0.497 e. The number of benzene rings is 2. The van der Waals surface area contributed by atoms with Gasteiger partial charge in [-0.2, -0.15) is 0 Å². The zero-order valence-corrected chi connectivity index (χ0v) is 12.1. The lowest BCUT2D eigenvalue weighted by Gasteiger charge is -2.14. The molecule has 0 fully saturated rings. The topological polar surface area (TPSA) is 9.23 Å². The van der Waals surface area contributed by atoms with Gasteiger partial charge in [0.2, 0.25) is 0 Å². The lowest BCUT2D eigenvalue weighted by Crippen LogP contribution is -1.93. The SMILES string of the molecule is COc1ccc(C=C2CC=CC=C2c2ccccc2)cc1. The summed E-state index contributed by atoms with van der Waals surface area (Å²) in [6.07, 6.45) is 9.73. The summed E-state index contributed by atoms with van der Waals surface area (Å²) in [5.74, 6) is 0.888. The molecular formula is C20H18O. The molecule has 0 bridgehead atoms. The van der Waals surface area contributed by atoms with Gasteiger partial charge in [-0.3, -0.25) is 0 Å². The monoisotopic (exact) mass is 274 g/mol. The molecule has 0 amide bonds. The zero-order valence-electron chi connectivity index (χ0n) is 12.1. The summed E-state index contributed by atoms with van der Waals surface area (Å²) in [6.45, 7) is 0. The van der Waals surface area contributed by atoms with E-state index in [0.717, 1.165) is 12.2 Å². The second kappa shape index (κ2) is 6.27. The van der Waals surface area contributed by atoms with Crippen LogP contribution in [0.4, 0.5) is 0 Å². The lowest BCUT2D eigenvalue weighted by molar-refractivity contribution is 0.415. The van der Waals surface area contributed by atoms with E-state index in [1.165, 1.54) is 22.3 Å². The first kappa shape index (κ1) is 13.4. The van der Waals surface area contributed by atoms with Gasteiger partial charge in [-0.25, -0.2) is 0 Å². The average Bonchev–Trinajstić information content (AvgIpc) is 2.57. The van der Waals surface area contributed by atoms with Gasteiger partial charge in [-0.15, -0.1) is 0 Å². The van der Waals surface area contributed by atoms with E-state index >= 15 is 0 Å². The number of methoxy groups -OCH3 is 1. The van der Waals surface area contributed by atoms with E-state index in [4.69, 9.17) is 4.74 Å². The van der Waals surface area contributed by atoms with Crippen molar-refractivity contribution in [1.29, 1.82) is 0 Å². The molecule has 0 spiro atoms. The molecule has 1 heteroatoms. The van der Waals surface area contributed by atoms with Crippen LogP contribution in [0.2, 0.25) is 0 Å². The number of allylic oxidation sites excluding steroid dienone is 5. The minimum atomic E-state index is 0.888. The van der Waals surface area contributed by atoms with Crippen molar-refractivity contribution in [1.82, 2.24) is 0 Å². The quantitative estimate of drug-likeness (QED) is 0.754. The van der Waals surface area contributed by atoms with Crippen LogP contribution in [0.1, 0.15) is 17.5 Å². The molecule has 1 aliphatic rings. The number of hydrogen-bond acceptors (Lipinski definition) is 1. The molecule has 0 saturated heterocycles. The van der Waals surface area contributed by atoms with Crippen LogP contribution in [0.3, 0.4) is 0 Å². The first-order valence-corrected chi connectivity index (χ1v) is 7.14. The molecular weight excluding hydrogens is 256 g/mol. The number of rotatable bonds is 3. The Hall–Kier alpha value is -2.54. The van der Waals surface area contributed by atoms with Crippen molar-refractivity contribution in [3.8, 4) is 5.75 Å². The standard InChI is InChI=1S/C20H18O/c1-21-19-13-11-16(12-14-19)15-18-9-5-6-10-20(18)17-7-3-2-4-8-17/h2-8,10-15H,9H2,1H3. The van der Waals surface area contributed by atoms with Gasteiger partial charge in [0.05, 0.1) is 7.11 Å². The van der Waals surface area contributed by atoms with Crippen molar-refractivity contribution < 1.29 is 4.74 Å². The van der Waals surface area contributed by atoms with E-state index in [-0.39, 0.29) is 0 Å². The smallest absolute Gasteiger partial charge is 0.118 e. The van der Waals surface area contributed by atoms with Gasteiger partial charge in [0, 0.05) is 0 Å². The Labute approximate surface area is 125 Å². The van der Waals surface area contributed by atoms with Crippen LogP contribution < -0.4 is 4.74 Å². The maximum atomic E-state index is 5.21. The van der Waals surface area contributed by atoms with E-state index in [2.05, 4.69) is 66.8 Å². The Kier molecular flexibility index (Phi) is 4.02. The highest BCUT2D eigenvalue weighted by atomic mass is 16.5. The van der Waals surface area contributed by atoms with Gasteiger partial charge >= 0.3 is 0 Å². The van der Waals surface area contributed by atoms with Crippen molar-refractivity contribution in [2.45, 2.75) is 6.42 Å². The minimum absolute atomic E-state index is 0.888. The molecule has 3 rings (SSSR count). The summed E-state index contributed by atoms with van der Waals surface area (Å²) >= 11 is 0. The van der Waals surface area contributed by atoms with Gasteiger partial charge in [-0.1, -0.05) is 66.8 Å². The Balaban J connectivity index is 1.94. The van der Waals surface area contributed by atoms with Crippen molar-refractivity contribution >= 4 is 11.6 Å². The third-order valence-corrected chi connectivity index (χ3v) is 3.62. The molecule has 0 atom stereocenters. The molecule has 0 unspecified atom stereocenters. The molecule has 2 aromatic rings. The highest BCUT2D eigenvalue weighted by Crippen LogP contribution is 2.30. The molecule has 21 heavy (non-hydrogen) atoms. The van der Waals surface area contributed by atoms with Crippen molar-refractivity contribution in [3.05, 3.63) is 89.5 Å². The Morgan fingerprint density at radius 1 is 0.952 bits per heavy atom. The first-order valence-electron chi connectivity index (χ1n) is 7.14. The third kappa shape index (κ3) is 3.14. The van der Waals surface area contributed by atoms with Crippen molar-refractivity contribution in [3.63, 3.8) is 0 Å². The molecule has 0 aromatic heterocycles. The summed E-state index contributed by atoms with van der Waals surface area (Å²) in [7, 11) is 1.69. The number of ether oxygens (including phenoxy) is 1. The van der Waals surface area contributed by atoms with Crippen LogP contribution in [-0.4, -0.2) is 7.11 Å². The predicted octanol–water partition coefficient (Wildman–Crippen LogP) is 5.12. The van der Waals surface area contributed by atoms with Crippen LogP contribution in [0.15, 0.2) is 78.4 Å². The van der Waals surface area contributed by atoms with Crippen LogP contribution in [0.5, 0.6) is 5.75 Å². The molecule has 1 aliphatic carbocycles. The summed E-state index contributed by atoms with van der Waals surface area (Å²) < 4.78 is 5.21. The molecule has 0 saturated carbocycles. The molecule has 0 heterocycles. The van der Waals surface area contributed by atoms with E-state index in [1.807, 2.05) is 12.1 Å². The average molecular weight is 274 g/mol. The van der Waals surface area contributed by atoms with Crippen molar-refractivity contribution in [2.75, 3.05) is 7.11 Å². The molecule has 0 aliphatic heterocycles. The van der Waals surface area contributed by atoms with Crippen LogP contribution in [-0.2, 0) is 0 Å². The van der Waals surface area contributed by atoms with Crippen molar-refractivity contribution in [2.24, 2.45) is 0 Å². The van der Waals surface area contributed by atoms with E-state index < -0.39 is 0 Å². The van der Waals surface area contributed by atoms with Gasteiger partial charge in [0.1, 0.15) is 5.75 Å². The summed E-state index contributed by atoms with van der Waals surface area (Å²) in [5.41, 5.74) is 5.10. The number of hydrogen-bond donors (Lipinski definition) is 0. The fourth-order valence-electron chi connectivity index (χ4n) is 2.51. The maximum absolute atomic E-state index is 5.21. The summed E-state index contributed by atoms with van der Waals surface area (Å²) in [5, 5.41) is 0. The Morgan fingerprint density at radius 2 is 1.71 bits per heavy atom. The molecule has 2 aromatic carbocycles. The Bertz CT molecular complexity index is 688. The second-order valence-corrected chi connectivity index (χ2v) is 5.02. The van der Waals surface area contributed by atoms with Gasteiger partial charge in [0.15, 0.2) is 0 Å². The minimum Gasteiger partial charge on any atom is -0.497 e. The van der Waals surface area contributed by atoms with Gasteiger partial charge in [0.25, 0.3) is 0 Å². The van der Waals surface area contributed by atoms with Crippen LogP contribution in [0, 0.1) is 0 Å². The van der Waals surface area contributed by atoms with Gasteiger partial charge < -0.3 is 4.74 Å². The highest BCUT2D eigenvalue weighted by molar-refractivity contribution is 5.86. The second-order valence-electron chi connectivity index (χ2n) is 5.02. The molecule has 0 radical (unpaired) electrons. The molecule has 1 nitrogen and oxygen atoms in total. The molecule has 0 N–H and O–H groups in total. The Morgan fingerprint density at radius 3 is 2.43 bits per heavy atom. The van der Waals surface area contributed by atoms with Crippen LogP contribution >= 0.6 is 0 Å². The predicted molar refractivity (Wildman–Crippen MR) is 89.1 cm³/mol. The van der Waals surface area contributed by atoms with E-state index in [0.29, 0.717) is 0 Å². The fourth-order valence-corrected chi connectivity index (χ4v) is 2.51. The van der Waals surface area contributed by atoms with Crippen LogP contribution in [0.25, 0.3) is 11.6 Å². The normalized spacial score (nSPS) is 15.9. The van der Waals surface area contributed by atoms with E-state index in [1.54, 1.807) is 7.11 Å². The first-order chi connectivity index (χ1) is 10.4. The summed E-state index contributed by atoms with van der Waals surface area (Å²) in [4.78, 5) is 0. The van der Waals surface area contributed by atoms with E-state index in [9.17, 15) is 0 Å². The summed E-state index contributed by atoms with van der Waals surface area (Å²) in [6, 6.07) is 18.7. The highest BCUT2D eigenvalue weighted by Gasteiger charge is 2.09. The molecule has 104 valence electrons. The third-order valence-electron chi connectivity index (χ3n) is 3.62. The lowest BCUT2D eigenvalue weighted by atomic mass is 9.91. The maximum Gasteiger partial charge on any atom is 0.118 e.